The topological polar surface area (TPSA) is 101 Å². The van der Waals surface area contributed by atoms with Crippen molar-refractivity contribution in [3.63, 3.8) is 0 Å². The lowest BCUT2D eigenvalue weighted by molar-refractivity contribution is 0.130. The highest BCUT2D eigenvalue weighted by atomic mass is 32.2. The number of likely N-dealkylation sites (N-methyl/N-ethyl adjacent to an activating group) is 1. The molecule has 1 saturated heterocycles. The van der Waals surface area contributed by atoms with Gasteiger partial charge in [0.2, 0.25) is 10.0 Å². The number of hydrogen-bond donors (Lipinski definition) is 1. The van der Waals surface area contributed by atoms with Crippen LogP contribution in [0, 0.1) is 0 Å². The number of aliphatic hydroxyl groups excluding tert-OH is 1. The summed E-state index contributed by atoms with van der Waals surface area (Å²) in [4.78, 5) is 0.0339. The summed E-state index contributed by atoms with van der Waals surface area (Å²) in [6.07, 6.45) is -1.21. The van der Waals surface area contributed by atoms with Crippen LogP contribution in [0.15, 0.2) is 29.2 Å². The molecule has 1 N–H and O–H groups in total. The van der Waals surface area contributed by atoms with Crippen LogP contribution in [0.1, 0.15) is 6.92 Å². The lowest BCUT2D eigenvalue weighted by atomic mass is 10.2. The summed E-state index contributed by atoms with van der Waals surface area (Å²) < 4.78 is 54.6. The molecule has 1 fully saturated rings. The van der Waals surface area contributed by atoms with Crippen LogP contribution in [-0.4, -0.2) is 63.6 Å². The standard InChI is InChI=1S/C13H19NO6S2/c1-3-14(12-8-21(16,17)9-13(12)15)22(18,19)11-6-4-10(20-2)5-7-11/h4-7,12-13,15H,3,8-9H2,1-2H3/t12-,13+/m0/s1. The summed E-state index contributed by atoms with van der Waals surface area (Å²) in [5, 5.41) is 9.91. The number of benzene rings is 1. The summed E-state index contributed by atoms with van der Waals surface area (Å²) in [6, 6.07) is 4.87. The van der Waals surface area contributed by atoms with E-state index in [-0.39, 0.29) is 17.2 Å². The van der Waals surface area contributed by atoms with Gasteiger partial charge in [-0.25, -0.2) is 16.8 Å². The lowest BCUT2D eigenvalue weighted by Crippen LogP contribution is -2.46. The molecule has 124 valence electrons. The molecule has 0 unspecified atom stereocenters. The number of nitrogens with zero attached hydrogens (tertiary/aromatic N) is 1. The first-order valence-corrected chi connectivity index (χ1v) is 10.0. The Balaban J connectivity index is 2.36. The van der Waals surface area contributed by atoms with Gasteiger partial charge < -0.3 is 9.84 Å². The van der Waals surface area contributed by atoms with Crippen LogP contribution >= 0.6 is 0 Å². The third kappa shape index (κ3) is 3.27. The van der Waals surface area contributed by atoms with Gasteiger partial charge in [0.1, 0.15) is 5.75 Å². The van der Waals surface area contributed by atoms with Gasteiger partial charge in [-0.15, -0.1) is 0 Å². The van der Waals surface area contributed by atoms with Crippen molar-refractivity contribution in [1.29, 1.82) is 0 Å². The highest BCUT2D eigenvalue weighted by molar-refractivity contribution is 7.92. The first-order valence-electron chi connectivity index (χ1n) is 6.75. The minimum atomic E-state index is -3.89. The van der Waals surface area contributed by atoms with Gasteiger partial charge in [0.25, 0.3) is 0 Å². The van der Waals surface area contributed by atoms with Crippen molar-refractivity contribution in [1.82, 2.24) is 4.31 Å². The zero-order valence-electron chi connectivity index (χ0n) is 12.3. The largest absolute Gasteiger partial charge is 0.497 e. The first-order chi connectivity index (χ1) is 10.2. The Bertz CT molecular complexity index is 726. The van der Waals surface area contributed by atoms with Gasteiger partial charge in [-0.2, -0.15) is 4.31 Å². The van der Waals surface area contributed by atoms with E-state index in [4.69, 9.17) is 4.74 Å². The molecule has 0 amide bonds. The second-order valence-electron chi connectivity index (χ2n) is 5.10. The minimum Gasteiger partial charge on any atom is -0.497 e. The molecule has 1 heterocycles. The van der Waals surface area contributed by atoms with Gasteiger partial charge in [-0.1, -0.05) is 6.92 Å². The predicted octanol–water partition coefficient (Wildman–Crippen LogP) is -0.136. The number of ether oxygens (including phenoxy) is 1. The van der Waals surface area contributed by atoms with Crippen molar-refractivity contribution in [3.8, 4) is 5.75 Å². The van der Waals surface area contributed by atoms with Crippen LogP contribution in [0.5, 0.6) is 5.75 Å². The molecule has 0 bridgehead atoms. The molecule has 0 spiro atoms. The van der Waals surface area contributed by atoms with E-state index in [0.717, 1.165) is 4.31 Å². The molecule has 0 saturated carbocycles. The highest BCUT2D eigenvalue weighted by Gasteiger charge is 2.44. The third-order valence-electron chi connectivity index (χ3n) is 3.64. The molecule has 7 nitrogen and oxygen atoms in total. The predicted molar refractivity (Wildman–Crippen MR) is 81.0 cm³/mol. The second kappa shape index (κ2) is 6.15. The van der Waals surface area contributed by atoms with E-state index >= 15 is 0 Å². The van der Waals surface area contributed by atoms with Crippen molar-refractivity contribution in [2.75, 3.05) is 25.2 Å². The van der Waals surface area contributed by atoms with Crippen LogP contribution in [0.3, 0.4) is 0 Å². The number of hydrogen-bond acceptors (Lipinski definition) is 6. The van der Waals surface area contributed by atoms with Crippen LogP contribution in [-0.2, 0) is 19.9 Å². The fourth-order valence-corrected chi connectivity index (χ4v) is 6.11. The van der Waals surface area contributed by atoms with Gasteiger partial charge in [-0.3, -0.25) is 0 Å². The molecule has 1 aromatic rings. The Morgan fingerprint density at radius 3 is 2.27 bits per heavy atom. The third-order valence-corrected chi connectivity index (χ3v) is 7.35. The van der Waals surface area contributed by atoms with Gasteiger partial charge in [0.05, 0.1) is 35.7 Å². The zero-order valence-corrected chi connectivity index (χ0v) is 14.0. The molecular formula is C13H19NO6S2. The summed E-state index contributed by atoms with van der Waals surface area (Å²) in [5.41, 5.74) is 0. The maximum Gasteiger partial charge on any atom is 0.243 e. The molecule has 1 aromatic carbocycles. The molecule has 0 radical (unpaired) electrons. The van der Waals surface area contributed by atoms with Gasteiger partial charge in [0, 0.05) is 6.54 Å². The number of methoxy groups -OCH3 is 1. The minimum absolute atomic E-state index is 0.0339. The summed E-state index contributed by atoms with van der Waals surface area (Å²) in [7, 11) is -5.84. The molecule has 22 heavy (non-hydrogen) atoms. The van der Waals surface area contributed by atoms with Crippen LogP contribution < -0.4 is 4.74 Å². The van der Waals surface area contributed by atoms with Gasteiger partial charge in [0.15, 0.2) is 9.84 Å². The van der Waals surface area contributed by atoms with Gasteiger partial charge in [-0.05, 0) is 24.3 Å². The van der Waals surface area contributed by atoms with Crippen molar-refractivity contribution >= 4 is 19.9 Å². The van der Waals surface area contributed by atoms with Crippen molar-refractivity contribution < 1.29 is 26.7 Å². The molecule has 2 rings (SSSR count). The Morgan fingerprint density at radius 1 is 1.27 bits per heavy atom. The average molecular weight is 349 g/mol. The van der Waals surface area contributed by atoms with Crippen LogP contribution in [0.4, 0.5) is 0 Å². The fraction of sp³-hybridized carbons (Fsp3) is 0.538. The van der Waals surface area contributed by atoms with E-state index in [9.17, 15) is 21.9 Å². The van der Waals surface area contributed by atoms with E-state index in [1.54, 1.807) is 6.92 Å². The van der Waals surface area contributed by atoms with Gasteiger partial charge >= 0.3 is 0 Å². The molecule has 2 atom stereocenters. The van der Waals surface area contributed by atoms with E-state index in [1.807, 2.05) is 0 Å². The van der Waals surface area contributed by atoms with E-state index < -0.39 is 37.8 Å². The van der Waals surface area contributed by atoms with Crippen molar-refractivity contribution in [2.24, 2.45) is 0 Å². The SMILES string of the molecule is CCN([C@H]1CS(=O)(=O)C[C@H]1O)S(=O)(=O)c1ccc(OC)cc1. The zero-order chi connectivity index (χ0) is 16.5. The quantitative estimate of drug-likeness (QED) is 0.794. The monoisotopic (exact) mass is 349 g/mol. The Labute approximate surface area is 130 Å². The van der Waals surface area contributed by atoms with Crippen molar-refractivity contribution in [2.45, 2.75) is 24.0 Å². The average Bonchev–Trinajstić information content (AvgIpc) is 2.72. The molecular weight excluding hydrogens is 330 g/mol. The van der Waals surface area contributed by atoms with E-state index in [0.29, 0.717) is 5.75 Å². The van der Waals surface area contributed by atoms with E-state index in [2.05, 4.69) is 0 Å². The number of sulfonamides is 1. The fourth-order valence-electron chi connectivity index (χ4n) is 2.55. The molecule has 1 aliphatic heterocycles. The maximum atomic E-state index is 12.7. The Kier molecular flexibility index (Phi) is 4.81. The first kappa shape index (κ1) is 17.2. The summed E-state index contributed by atoms with van der Waals surface area (Å²) in [6.45, 7) is 1.68. The second-order valence-corrected chi connectivity index (χ2v) is 9.14. The lowest BCUT2D eigenvalue weighted by Gasteiger charge is -2.28. The molecule has 9 heteroatoms. The molecule has 1 aliphatic rings. The van der Waals surface area contributed by atoms with Crippen molar-refractivity contribution in [3.05, 3.63) is 24.3 Å². The summed E-state index contributed by atoms with van der Waals surface area (Å²) >= 11 is 0. The smallest absolute Gasteiger partial charge is 0.243 e. The number of sulfone groups is 1. The van der Waals surface area contributed by atoms with Crippen LogP contribution in [0.25, 0.3) is 0 Å². The normalized spacial score (nSPS) is 24.5. The van der Waals surface area contributed by atoms with Crippen LogP contribution in [0.2, 0.25) is 0 Å². The molecule has 0 aromatic heterocycles. The highest BCUT2D eigenvalue weighted by Crippen LogP contribution is 2.26. The molecule has 0 aliphatic carbocycles. The summed E-state index contributed by atoms with van der Waals surface area (Å²) in [5.74, 6) is -0.255. The number of rotatable bonds is 5. The Hall–Kier alpha value is -1.16. The Morgan fingerprint density at radius 2 is 1.86 bits per heavy atom. The van der Waals surface area contributed by atoms with E-state index in [1.165, 1.54) is 31.4 Å². The maximum absolute atomic E-state index is 12.7. The number of aliphatic hydroxyl groups is 1.